The molecule has 0 saturated heterocycles. The van der Waals surface area contributed by atoms with Crippen molar-refractivity contribution in [1.82, 2.24) is 9.55 Å². The summed E-state index contributed by atoms with van der Waals surface area (Å²) in [6.07, 6.45) is 0. The van der Waals surface area contributed by atoms with Gasteiger partial charge in [0.05, 0.1) is 12.1 Å². The van der Waals surface area contributed by atoms with Crippen LogP contribution in [0.1, 0.15) is 5.56 Å². The summed E-state index contributed by atoms with van der Waals surface area (Å²) in [5, 5.41) is 10.5. The van der Waals surface area contributed by atoms with Crippen molar-refractivity contribution in [3.63, 3.8) is 0 Å². The zero-order valence-corrected chi connectivity index (χ0v) is 10.7. The van der Waals surface area contributed by atoms with Crippen LogP contribution in [0.15, 0.2) is 47.3 Å². The van der Waals surface area contributed by atoms with E-state index in [2.05, 4.69) is 4.98 Å². The van der Waals surface area contributed by atoms with Gasteiger partial charge in [-0.3, -0.25) is 4.57 Å². The highest BCUT2D eigenvalue weighted by Gasteiger charge is 2.10. The number of halogens is 1. The Kier molecular flexibility index (Phi) is 2.80. The molecule has 0 atom stereocenters. The summed E-state index contributed by atoms with van der Waals surface area (Å²) in [5.41, 5.74) is 1.77. The minimum Gasteiger partial charge on any atom is -0.506 e. The van der Waals surface area contributed by atoms with Gasteiger partial charge in [-0.15, -0.1) is 0 Å². The molecule has 96 valence electrons. The van der Waals surface area contributed by atoms with Crippen LogP contribution in [0, 0.1) is 0 Å². The van der Waals surface area contributed by atoms with Crippen molar-refractivity contribution in [2.24, 2.45) is 0 Å². The Hall–Kier alpha value is -2.20. The number of nitrogens with zero attached hydrogens (tertiary/aromatic N) is 1. The maximum Gasteiger partial charge on any atom is 0.326 e. The number of H-pyrrole nitrogens is 1. The second-order valence-electron chi connectivity index (χ2n) is 4.32. The number of benzene rings is 2. The average molecular weight is 275 g/mol. The summed E-state index contributed by atoms with van der Waals surface area (Å²) < 4.78 is 1.50. The van der Waals surface area contributed by atoms with E-state index in [9.17, 15) is 9.90 Å². The summed E-state index contributed by atoms with van der Waals surface area (Å²) in [6.45, 7) is 0.358. The first-order valence-electron chi connectivity index (χ1n) is 5.80. The van der Waals surface area contributed by atoms with Crippen LogP contribution in [-0.2, 0) is 6.54 Å². The molecule has 0 spiro atoms. The lowest BCUT2D eigenvalue weighted by Gasteiger charge is -2.05. The van der Waals surface area contributed by atoms with Crippen molar-refractivity contribution < 1.29 is 5.11 Å². The Bertz CT molecular complexity index is 805. The second kappa shape index (κ2) is 4.48. The molecule has 5 heteroatoms. The zero-order chi connectivity index (χ0) is 13.4. The Morgan fingerprint density at radius 2 is 2.00 bits per heavy atom. The number of para-hydroxylation sites is 1. The van der Waals surface area contributed by atoms with Crippen LogP contribution in [0.5, 0.6) is 5.75 Å². The first-order valence-corrected chi connectivity index (χ1v) is 6.18. The molecular formula is C14H11ClN2O2. The van der Waals surface area contributed by atoms with Crippen LogP contribution in [0.3, 0.4) is 0 Å². The van der Waals surface area contributed by atoms with Gasteiger partial charge in [-0.2, -0.15) is 0 Å². The number of fused-ring (bicyclic) bond motifs is 1. The van der Waals surface area contributed by atoms with E-state index in [1.807, 2.05) is 12.1 Å². The van der Waals surface area contributed by atoms with Crippen molar-refractivity contribution in [3.05, 3.63) is 63.5 Å². The molecule has 0 aliphatic carbocycles. The molecule has 0 unspecified atom stereocenters. The average Bonchev–Trinajstić information content (AvgIpc) is 2.67. The van der Waals surface area contributed by atoms with Crippen molar-refractivity contribution in [3.8, 4) is 5.75 Å². The normalized spacial score (nSPS) is 11.0. The number of hydrogen-bond donors (Lipinski definition) is 2. The van der Waals surface area contributed by atoms with Gasteiger partial charge in [-0.1, -0.05) is 29.8 Å². The smallest absolute Gasteiger partial charge is 0.326 e. The molecular weight excluding hydrogens is 264 g/mol. The molecule has 4 nitrogen and oxygen atoms in total. The van der Waals surface area contributed by atoms with Crippen molar-refractivity contribution in [2.45, 2.75) is 6.54 Å². The van der Waals surface area contributed by atoms with E-state index in [1.165, 1.54) is 4.57 Å². The number of phenolic OH excluding ortho intramolecular Hbond substituents is 1. The van der Waals surface area contributed by atoms with Gasteiger partial charge in [0.15, 0.2) is 0 Å². The highest BCUT2D eigenvalue weighted by Crippen LogP contribution is 2.22. The fourth-order valence-electron chi connectivity index (χ4n) is 2.17. The van der Waals surface area contributed by atoms with Gasteiger partial charge in [0, 0.05) is 5.02 Å². The molecule has 19 heavy (non-hydrogen) atoms. The highest BCUT2D eigenvalue weighted by molar-refractivity contribution is 6.30. The minimum absolute atomic E-state index is 0.0814. The maximum absolute atomic E-state index is 11.9. The standard InChI is InChI=1S/C14H11ClN2O2/c15-10-4-1-3-9(7-10)8-17-13-11(16-14(17)19)5-2-6-12(13)18/h1-7,18H,8H2,(H,16,19). The number of rotatable bonds is 2. The van der Waals surface area contributed by atoms with Crippen LogP contribution < -0.4 is 5.69 Å². The van der Waals surface area contributed by atoms with E-state index in [1.54, 1.807) is 30.3 Å². The number of hydrogen-bond acceptors (Lipinski definition) is 2. The Morgan fingerprint density at radius 1 is 1.21 bits per heavy atom. The van der Waals surface area contributed by atoms with Crippen LogP contribution in [0.25, 0.3) is 11.0 Å². The first-order chi connectivity index (χ1) is 9.15. The highest BCUT2D eigenvalue weighted by atomic mass is 35.5. The van der Waals surface area contributed by atoms with Gasteiger partial charge < -0.3 is 10.1 Å². The topological polar surface area (TPSA) is 58.0 Å². The van der Waals surface area contributed by atoms with E-state index in [-0.39, 0.29) is 11.4 Å². The molecule has 0 bridgehead atoms. The van der Waals surface area contributed by atoms with Crippen molar-refractivity contribution in [1.29, 1.82) is 0 Å². The van der Waals surface area contributed by atoms with Gasteiger partial charge in [0.1, 0.15) is 11.3 Å². The summed E-state index contributed by atoms with van der Waals surface area (Å²) in [6, 6.07) is 12.3. The molecule has 2 aromatic carbocycles. The van der Waals surface area contributed by atoms with Gasteiger partial charge in [-0.05, 0) is 29.8 Å². The molecule has 2 N–H and O–H groups in total. The van der Waals surface area contributed by atoms with Crippen molar-refractivity contribution >= 4 is 22.6 Å². The van der Waals surface area contributed by atoms with Gasteiger partial charge in [-0.25, -0.2) is 4.79 Å². The lowest BCUT2D eigenvalue weighted by Crippen LogP contribution is -2.17. The lowest BCUT2D eigenvalue weighted by atomic mass is 10.2. The van der Waals surface area contributed by atoms with Gasteiger partial charge in [0.2, 0.25) is 0 Å². The summed E-state index contributed by atoms with van der Waals surface area (Å²) in [7, 11) is 0. The summed E-state index contributed by atoms with van der Waals surface area (Å²) >= 11 is 5.93. The summed E-state index contributed by atoms with van der Waals surface area (Å²) in [4.78, 5) is 14.7. The molecule has 1 heterocycles. The molecule has 0 fully saturated rings. The molecule has 3 rings (SSSR count). The third-order valence-corrected chi connectivity index (χ3v) is 3.24. The lowest BCUT2D eigenvalue weighted by molar-refractivity contribution is 0.478. The summed E-state index contributed by atoms with van der Waals surface area (Å²) in [5.74, 6) is 0.0814. The van der Waals surface area contributed by atoms with Crippen LogP contribution in [0.4, 0.5) is 0 Å². The molecule has 0 radical (unpaired) electrons. The molecule has 1 aromatic heterocycles. The van der Waals surface area contributed by atoms with Crippen LogP contribution in [0.2, 0.25) is 5.02 Å². The minimum atomic E-state index is -0.253. The molecule has 0 saturated carbocycles. The second-order valence-corrected chi connectivity index (χ2v) is 4.76. The van der Waals surface area contributed by atoms with Crippen LogP contribution in [-0.4, -0.2) is 14.7 Å². The maximum atomic E-state index is 11.9. The molecule has 0 aliphatic rings. The number of phenols is 1. The Morgan fingerprint density at radius 3 is 2.79 bits per heavy atom. The zero-order valence-electron chi connectivity index (χ0n) is 9.93. The van der Waals surface area contributed by atoms with Gasteiger partial charge in [0.25, 0.3) is 0 Å². The van der Waals surface area contributed by atoms with E-state index in [4.69, 9.17) is 11.6 Å². The number of aromatic hydroxyl groups is 1. The van der Waals surface area contributed by atoms with Gasteiger partial charge >= 0.3 is 5.69 Å². The Balaban J connectivity index is 2.15. The number of nitrogens with one attached hydrogen (secondary N) is 1. The SMILES string of the molecule is O=c1[nH]c2cccc(O)c2n1Cc1cccc(Cl)c1. The largest absolute Gasteiger partial charge is 0.506 e. The fraction of sp³-hybridized carbons (Fsp3) is 0.0714. The van der Waals surface area contributed by atoms with Crippen LogP contribution >= 0.6 is 11.6 Å². The van der Waals surface area contributed by atoms with Crippen molar-refractivity contribution in [2.75, 3.05) is 0 Å². The molecule has 0 amide bonds. The van der Waals surface area contributed by atoms with E-state index in [0.29, 0.717) is 22.6 Å². The number of aromatic nitrogens is 2. The quantitative estimate of drug-likeness (QED) is 0.755. The number of imidazole rings is 1. The predicted molar refractivity (Wildman–Crippen MR) is 74.8 cm³/mol. The fourth-order valence-corrected chi connectivity index (χ4v) is 2.38. The Labute approximate surface area is 113 Å². The van der Waals surface area contributed by atoms with E-state index >= 15 is 0 Å². The molecule has 3 aromatic rings. The first kappa shape index (κ1) is 11.9. The van der Waals surface area contributed by atoms with E-state index < -0.39 is 0 Å². The number of aromatic amines is 1. The third-order valence-electron chi connectivity index (χ3n) is 3.00. The third kappa shape index (κ3) is 2.11. The molecule has 0 aliphatic heterocycles. The predicted octanol–water partition coefficient (Wildman–Crippen LogP) is 2.74. The van der Waals surface area contributed by atoms with E-state index in [0.717, 1.165) is 5.56 Å². The monoisotopic (exact) mass is 274 g/mol.